The van der Waals surface area contributed by atoms with E-state index in [4.69, 9.17) is 0 Å². The van der Waals surface area contributed by atoms with Crippen LogP contribution in [0, 0.1) is 0 Å². The lowest BCUT2D eigenvalue weighted by Crippen LogP contribution is -1.84. The predicted molar refractivity (Wildman–Crippen MR) is 59.9 cm³/mol. The van der Waals surface area contributed by atoms with Gasteiger partial charge in [0.1, 0.15) is 0 Å². The first-order valence-corrected chi connectivity index (χ1v) is 5.93. The van der Waals surface area contributed by atoms with Crippen molar-refractivity contribution in [2.24, 2.45) is 0 Å². The highest BCUT2D eigenvalue weighted by Gasteiger charge is 2.08. The number of aromatic nitrogens is 3. The van der Waals surface area contributed by atoms with E-state index in [0.29, 0.717) is 0 Å². The zero-order chi connectivity index (χ0) is 9.97. The predicted octanol–water partition coefficient (Wildman–Crippen LogP) is 2.27. The van der Waals surface area contributed by atoms with E-state index in [1.165, 1.54) is 0 Å². The SMILES string of the molecule is CCc1ncc(-c2nnc(NC)s2)s1. The molecule has 2 heterocycles. The van der Waals surface area contributed by atoms with Gasteiger partial charge in [-0.15, -0.1) is 21.5 Å². The Balaban J connectivity index is 2.29. The van der Waals surface area contributed by atoms with Crippen LogP contribution in [0.15, 0.2) is 6.20 Å². The Morgan fingerprint density at radius 1 is 1.36 bits per heavy atom. The average Bonchev–Trinajstić information content (AvgIpc) is 2.86. The lowest BCUT2D eigenvalue weighted by Gasteiger charge is -1.85. The lowest BCUT2D eigenvalue weighted by molar-refractivity contribution is 1.09. The molecule has 1 N–H and O–H groups in total. The van der Waals surface area contributed by atoms with Crippen LogP contribution >= 0.6 is 22.7 Å². The van der Waals surface area contributed by atoms with Crippen LogP contribution in [0.2, 0.25) is 0 Å². The van der Waals surface area contributed by atoms with Crippen molar-refractivity contribution >= 4 is 27.8 Å². The van der Waals surface area contributed by atoms with Gasteiger partial charge < -0.3 is 5.32 Å². The van der Waals surface area contributed by atoms with Crippen molar-refractivity contribution in [3.63, 3.8) is 0 Å². The number of thiazole rings is 1. The van der Waals surface area contributed by atoms with Gasteiger partial charge in [0.05, 0.1) is 9.88 Å². The largest absolute Gasteiger partial charge is 0.363 e. The first kappa shape index (κ1) is 9.54. The van der Waals surface area contributed by atoms with Crippen LogP contribution in [0.1, 0.15) is 11.9 Å². The van der Waals surface area contributed by atoms with Crippen LogP contribution in [0.5, 0.6) is 0 Å². The molecule has 74 valence electrons. The van der Waals surface area contributed by atoms with Crippen molar-refractivity contribution in [1.29, 1.82) is 0 Å². The summed E-state index contributed by atoms with van der Waals surface area (Å²) in [7, 11) is 1.84. The highest BCUT2D eigenvalue weighted by Crippen LogP contribution is 2.30. The summed E-state index contributed by atoms with van der Waals surface area (Å²) in [4.78, 5) is 5.38. The molecule has 2 rings (SSSR count). The fraction of sp³-hybridized carbons (Fsp3) is 0.375. The van der Waals surface area contributed by atoms with E-state index in [1.807, 2.05) is 13.2 Å². The van der Waals surface area contributed by atoms with Gasteiger partial charge in [0.2, 0.25) is 5.13 Å². The minimum Gasteiger partial charge on any atom is -0.363 e. The molecule has 0 saturated carbocycles. The molecule has 14 heavy (non-hydrogen) atoms. The summed E-state index contributed by atoms with van der Waals surface area (Å²) in [5, 5.41) is 13.9. The van der Waals surface area contributed by atoms with Crippen LogP contribution in [-0.4, -0.2) is 22.2 Å². The molecule has 0 aliphatic rings. The van der Waals surface area contributed by atoms with E-state index < -0.39 is 0 Å². The smallest absolute Gasteiger partial charge is 0.205 e. The van der Waals surface area contributed by atoms with Crippen molar-refractivity contribution in [3.05, 3.63) is 11.2 Å². The molecule has 0 saturated heterocycles. The maximum absolute atomic E-state index is 4.28. The number of hydrogen-bond donors (Lipinski definition) is 1. The molecule has 0 radical (unpaired) electrons. The molecule has 0 bridgehead atoms. The van der Waals surface area contributed by atoms with Crippen LogP contribution in [0.4, 0.5) is 5.13 Å². The van der Waals surface area contributed by atoms with Gasteiger partial charge in [0.15, 0.2) is 5.01 Å². The zero-order valence-electron chi connectivity index (χ0n) is 7.94. The maximum Gasteiger partial charge on any atom is 0.205 e. The summed E-state index contributed by atoms with van der Waals surface area (Å²) in [6, 6.07) is 0. The Morgan fingerprint density at radius 2 is 2.21 bits per heavy atom. The van der Waals surface area contributed by atoms with Gasteiger partial charge in [-0.1, -0.05) is 18.3 Å². The van der Waals surface area contributed by atoms with E-state index in [9.17, 15) is 0 Å². The third kappa shape index (κ3) is 1.76. The number of nitrogens with zero attached hydrogens (tertiary/aromatic N) is 3. The Hall–Kier alpha value is -1.01. The monoisotopic (exact) mass is 226 g/mol. The van der Waals surface area contributed by atoms with Gasteiger partial charge >= 0.3 is 0 Å². The van der Waals surface area contributed by atoms with Gasteiger partial charge in [-0.2, -0.15) is 0 Å². The fourth-order valence-electron chi connectivity index (χ4n) is 0.996. The third-order valence-electron chi connectivity index (χ3n) is 1.71. The Labute approximate surface area is 90.0 Å². The molecule has 0 amide bonds. The molecule has 4 nitrogen and oxygen atoms in total. The van der Waals surface area contributed by atoms with E-state index in [1.54, 1.807) is 22.7 Å². The first-order chi connectivity index (χ1) is 6.83. The Bertz CT molecular complexity index is 380. The van der Waals surface area contributed by atoms with Gasteiger partial charge in [-0.05, 0) is 6.42 Å². The standard InChI is InChI=1S/C8H10N4S2/c1-3-6-10-4-5(13-6)7-11-12-8(9-2)14-7/h4H,3H2,1-2H3,(H,9,12). The van der Waals surface area contributed by atoms with Crippen molar-refractivity contribution in [2.75, 3.05) is 12.4 Å². The van der Waals surface area contributed by atoms with Crippen molar-refractivity contribution in [3.8, 4) is 9.88 Å². The summed E-state index contributed by atoms with van der Waals surface area (Å²) >= 11 is 3.23. The van der Waals surface area contributed by atoms with E-state index in [-0.39, 0.29) is 0 Å². The van der Waals surface area contributed by atoms with E-state index in [2.05, 4.69) is 27.4 Å². The normalized spacial score (nSPS) is 10.4. The molecule has 0 aliphatic carbocycles. The van der Waals surface area contributed by atoms with Gasteiger partial charge in [0, 0.05) is 13.2 Å². The first-order valence-electron chi connectivity index (χ1n) is 4.29. The number of anilines is 1. The van der Waals surface area contributed by atoms with Crippen LogP contribution in [0.3, 0.4) is 0 Å². The van der Waals surface area contributed by atoms with Crippen molar-refractivity contribution in [1.82, 2.24) is 15.2 Å². The molecule has 0 aliphatic heterocycles. The summed E-state index contributed by atoms with van der Waals surface area (Å²) < 4.78 is 0. The molecule has 2 aromatic rings. The second-order valence-corrected chi connectivity index (χ2v) is 4.73. The summed E-state index contributed by atoms with van der Waals surface area (Å²) in [5.74, 6) is 0. The van der Waals surface area contributed by atoms with Gasteiger partial charge in [-0.25, -0.2) is 4.98 Å². The minimum atomic E-state index is 0.839. The van der Waals surface area contributed by atoms with Gasteiger partial charge in [-0.3, -0.25) is 0 Å². The van der Waals surface area contributed by atoms with Crippen LogP contribution in [0.25, 0.3) is 9.88 Å². The quantitative estimate of drug-likeness (QED) is 0.872. The molecule has 0 unspecified atom stereocenters. The molecule has 0 aromatic carbocycles. The minimum absolute atomic E-state index is 0.839. The Kier molecular flexibility index (Phi) is 2.74. The van der Waals surface area contributed by atoms with Crippen molar-refractivity contribution in [2.45, 2.75) is 13.3 Å². The van der Waals surface area contributed by atoms with Crippen LogP contribution < -0.4 is 5.32 Å². The fourth-order valence-corrected chi connectivity index (χ4v) is 2.59. The maximum atomic E-state index is 4.28. The number of nitrogens with one attached hydrogen (secondary N) is 1. The second-order valence-electron chi connectivity index (χ2n) is 2.63. The number of rotatable bonds is 3. The Morgan fingerprint density at radius 3 is 2.79 bits per heavy atom. The third-order valence-corrected chi connectivity index (χ3v) is 3.96. The number of aryl methyl sites for hydroxylation is 1. The molecule has 6 heteroatoms. The molecular weight excluding hydrogens is 216 g/mol. The highest BCUT2D eigenvalue weighted by atomic mass is 32.1. The second kappa shape index (κ2) is 4.02. The van der Waals surface area contributed by atoms with E-state index in [0.717, 1.165) is 26.4 Å². The summed E-state index contributed by atoms with van der Waals surface area (Å²) in [6.07, 6.45) is 2.84. The summed E-state index contributed by atoms with van der Waals surface area (Å²) in [5.41, 5.74) is 0. The molecular formula is C8H10N4S2. The zero-order valence-corrected chi connectivity index (χ0v) is 9.58. The molecule has 0 fully saturated rings. The van der Waals surface area contributed by atoms with Gasteiger partial charge in [0.25, 0.3) is 0 Å². The lowest BCUT2D eigenvalue weighted by atomic mass is 10.5. The summed E-state index contributed by atoms with van der Waals surface area (Å²) in [6.45, 7) is 2.10. The topological polar surface area (TPSA) is 50.7 Å². The van der Waals surface area contributed by atoms with E-state index >= 15 is 0 Å². The molecule has 0 atom stereocenters. The molecule has 0 spiro atoms. The number of hydrogen-bond acceptors (Lipinski definition) is 6. The van der Waals surface area contributed by atoms with Crippen molar-refractivity contribution < 1.29 is 0 Å². The van der Waals surface area contributed by atoms with Crippen LogP contribution in [-0.2, 0) is 6.42 Å². The highest BCUT2D eigenvalue weighted by molar-refractivity contribution is 7.23. The molecule has 2 aromatic heterocycles. The average molecular weight is 226 g/mol.